The summed E-state index contributed by atoms with van der Waals surface area (Å²) in [5.74, 6) is 0.389. The van der Waals surface area contributed by atoms with Crippen LogP contribution in [0.25, 0.3) is 0 Å². The molecule has 62 valence electrons. The topological polar surface area (TPSA) is 20.2 Å². The lowest BCUT2D eigenvalue weighted by atomic mass is 9.78. The predicted molar refractivity (Wildman–Crippen MR) is 48.8 cm³/mol. The lowest BCUT2D eigenvalue weighted by Crippen LogP contribution is -2.39. The molecule has 0 aliphatic heterocycles. The summed E-state index contributed by atoms with van der Waals surface area (Å²) in [6.45, 7) is 0. The number of aliphatic hydroxyl groups excluding tert-OH is 1. The standard InChI is InChI=1S/C9H14OS/c10-8-4-2-6-9(11)5-1-3-7(8)9/h1,5,7-8,10-11H,2-4,6H2/t7?,8?,9-/m1/s1. The van der Waals surface area contributed by atoms with Crippen LogP contribution < -0.4 is 0 Å². The highest BCUT2D eigenvalue weighted by Gasteiger charge is 2.42. The molecule has 2 aliphatic carbocycles. The second-order valence-electron chi connectivity index (χ2n) is 3.70. The van der Waals surface area contributed by atoms with E-state index < -0.39 is 0 Å². The van der Waals surface area contributed by atoms with Gasteiger partial charge in [-0.2, -0.15) is 12.6 Å². The first kappa shape index (κ1) is 7.69. The van der Waals surface area contributed by atoms with Gasteiger partial charge in [0.2, 0.25) is 0 Å². The molecule has 11 heavy (non-hydrogen) atoms. The average molecular weight is 170 g/mol. The number of hydrogen-bond acceptors (Lipinski definition) is 2. The van der Waals surface area contributed by atoms with E-state index in [1.807, 2.05) is 0 Å². The minimum absolute atomic E-state index is 0.0255. The first-order valence-corrected chi connectivity index (χ1v) is 4.75. The molecule has 0 spiro atoms. The summed E-state index contributed by atoms with van der Waals surface area (Å²) in [4.78, 5) is 0. The zero-order chi connectivity index (χ0) is 7.90. The highest BCUT2D eigenvalue weighted by molar-refractivity contribution is 7.82. The molecule has 0 amide bonds. The van der Waals surface area contributed by atoms with E-state index in [9.17, 15) is 5.11 Å². The Morgan fingerprint density at radius 1 is 1.55 bits per heavy atom. The van der Waals surface area contributed by atoms with E-state index in [2.05, 4.69) is 24.8 Å². The van der Waals surface area contributed by atoms with Crippen LogP contribution in [0.1, 0.15) is 25.7 Å². The lowest BCUT2D eigenvalue weighted by Gasteiger charge is -2.38. The normalized spacial score (nSPS) is 49.3. The maximum Gasteiger partial charge on any atom is 0.0587 e. The van der Waals surface area contributed by atoms with Gasteiger partial charge in [0, 0.05) is 10.7 Å². The van der Waals surface area contributed by atoms with Gasteiger partial charge in [0.1, 0.15) is 0 Å². The Morgan fingerprint density at radius 2 is 2.36 bits per heavy atom. The molecule has 1 fully saturated rings. The van der Waals surface area contributed by atoms with Crippen molar-refractivity contribution in [1.29, 1.82) is 0 Å². The van der Waals surface area contributed by atoms with Crippen LogP contribution >= 0.6 is 12.6 Å². The molecule has 2 aliphatic rings. The average Bonchev–Trinajstić information content (AvgIpc) is 2.31. The summed E-state index contributed by atoms with van der Waals surface area (Å²) >= 11 is 4.62. The fourth-order valence-electron chi connectivity index (χ4n) is 2.30. The Balaban J connectivity index is 2.20. The Morgan fingerprint density at radius 3 is 3.09 bits per heavy atom. The first-order chi connectivity index (χ1) is 5.22. The molecule has 0 radical (unpaired) electrons. The fourth-order valence-corrected chi connectivity index (χ4v) is 2.84. The lowest BCUT2D eigenvalue weighted by molar-refractivity contribution is 0.0654. The minimum Gasteiger partial charge on any atom is -0.393 e. The number of thiol groups is 1. The van der Waals surface area contributed by atoms with Gasteiger partial charge in [-0.05, 0) is 25.7 Å². The summed E-state index contributed by atoms with van der Waals surface area (Å²) in [7, 11) is 0. The Bertz CT molecular complexity index is 190. The first-order valence-electron chi connectivity index (χ1n) is 4.30. The number of rotatable bonds is 0. The van der Waals surface area contributed by atoms with E-state index in [0.29, 0.717) is 5.92 Å². The predicted octanol–water partition coefficient (Wildman–Crippen LogP) is 1.78. The zero-order valence-electron chi connectivity index (χ0n) is 6.53. The fraction of sp³-hybridized carbons (Fsp3) is 0.778. The van der Waals surface area contributed by atoms with Gasteiger partial charge in [-0.3, -0.25) is 0 Å². The maximum atomic E-state index is 9.66. The van der Waals surface area contributed by atoms with Crippen molar-refractivity contribution in [2.75, 3.05) is 0 Å². The number of allylic oxidation sites excluding steroid dienone is 1. The molecule has 0 aromatic heterocycles. The largest absolute Gasteiger partial charge is 0.393 e. The molecule has 2 heteroatoms. The van der Waals surface area contributed by atoms with Crippen molar-refractivity contribution < 1.29 is 5.11 Å². The van der Waals surface area contributed by atoms with Crippen LogP contribution in [-0.2, 0) is 0 Å². The molecule has 0 heterocycles. The molecule has 0 aromatic carbocycles. The van der Waals surface area contributed by atoms with Crippen LogP contribution in [0.3, 0.4) is 0 Å². The molecular weight excluding hydrogens is 156 g/mol. The summed E-state index contributed by atoms with van der Waals surface area (Å²) in [6, 6.07) is 0. The molecule has 2 rings (SSSR count). The summed E-state index contributed by atoms with van der Waals surface area (Å²) in [5.41, 5.74) is 0. The quantitative estimate of drug-likeness (QED) is 0.419. The van der Waals surface area contributed by atoms with Crippen molar-refractivity contribution in [3.8, 4) is 0 Å². The van der Waals surface area contributed by atoms with E-state index in [1.54, 1.807) is 0 Å². The van der Waals surface area contributed by atoms with Crippen LogP contribution in [0, 0.1) is 5.92 Å². The molecule has 0 bridgehead atoms. The van der Waals surface area contributed by atoms with Gasteiger partial charge in [0.05, 0.1) is 6.10 Å². The maximum absolute atomic E-state index is 9.66. The third kappa shape index (κ3) is 1.13. The molecule has 3 atom stereocenters. The van der Waals surface area contributed by atoms with E-state index in [-0.39, 0.29) is 10.9 Å². The number of fused-ring (bicyclic) bond motifs is 1. The smallest absolute Gasteiger partial charge is 0.0587 e. The third-order valence-electron chi connectivity index (χ3n) is 2.98. The molecular formula is C9H14OS. The van der Waals surface area contributed by atoms with Gasteiger partial charge in [-0.15, -0.1) is 0 Å². The van der Waals surface area contributed by atoms with Gasteiger partial charge < -0.3 is 5.11 Å². The Labute approximate surface area is 72.9 Å². The van der Waals surface area contributed by atoms with Crippen LogP contribution in [0.5, 0.6) is 0 Å². The summed E-state index contributed by atoms with van der Waals surface area (Å²) in [6.07, 6.45) is 8.45. The second kappa shape index (κ2) is 2.53. The minimum atomic E-state index is -0.115. The highest BCUT2D eigenvalue weighted by Crippen LogP contribution is 2.45. The van der Waals surface area contributed by atoms with E-state index in [0.717, 1.165) is 25.7 Å². The van der Waals surface area contributed by atoms with Crippen molar-refractivity contribution in [1.82, 2.24) is 0 Å². The van der Waals surface area contributed by atoms with Gasteiger partial charge in [0.25, 0.3) is 0 Å². The van der Waals surface area contributed by atoms with Crippen LogP contribution in [0.4, 0.5) is 0 Å². The van der Waals surface area contributed by atoms with Gasteiger partial charge in [-0.1, -0.05) is 12.2 Å². The van der Waals surface area contributed by atoms with E-state index in [4.69, 9.17) is 0 Å². The molecule has 2 unspecified atom stereocenters. The van der Waals surface area contributed by atoms with Crippen molar-refractivity contribution in [2.24, 2.45) is 5.92 Å². The highest BCUT2D eigenvalue weighted by atomic mass is 32.1. The molecule has 1 saturated carbocycles. The third-order valence-corrected chi connectivity index (χ3v) is 3.68. The van der Waals surface area contributed by atoms with Gasteiger partial charge >= 0.3 is 0 Å². The molecule has 1 nitrogen and oxygen atoms in total. The van der Waals surface area contributed by atoms with Crippen molar-refractivity contribution in [3.63, 3.8) is 0 Å². The Kier molecular flexibility index (Phi) is 1.77. The summed E-state index contributed by atoms with van der Waals surface area (Å²) < 4.78 is 0.0255. The van der Waals surface area contributed by atoms with Gasteiger partial charge in [0.15, 0.2) is 0 Å². The van der Waals surface area contributed by atoms with E-state index >= 15 is 0 Å². The van der Waals surface area contributed by atoms with Crippen molar-refractivity contribution >= 4 is 12.6 Å². The number of hydrogen-bond donors (Lipinski definition) is 2. The Hall–Kier alpha value is 0.0500. The van der Waals surface area contributed by atoms with Crippen LogP contribution in [0.15, 0.2) is 12.2 Å². The van der Waals surface area contributed by atoms with Crippen molar-refractivity contribution in [2.45, 2.75) is 36.5 Å². The molecule has 1 N–H and O–H groups in total. The summed E-state index contributed by atoms with van der Waals surface area (Å²) in [5, 5.41) is 9.66. The van der Waals surface area contributed by atoms with Crippen LogP contribution in [-0.4, -0.2) is 16.0 Å². The van der Waals surface area contributed by atoms with Gasteiger partial charge in [-0.25, -0.2) is 0 Å². The van der Waals surface area contributed by atoms with E-state index in [1.165, 1.54) is 0 Å². The molecule has 0 aromatic rings. The zero-order valence-corrected chi connectivity index (χ0v) is 7.43. The second-order valence-corrected chi connectivity index (χ2v) is 4.53. The SMILES string of the molecule is OC1CCC[C@]2(S)C=CCC12. The number of aliphatic hydroxyl groups is 1. The van der Waals surface area contributed by atoms with Crippen molar-refractivity contribution in [3.05, 3.63) is 12.2 Å². The monoisotopic (exact) mass is 170 g/mol. The van der Waals surface area contributed by atoms with Crippen LogP contribution in [0.2, 0.25) is 0 Å². The molecule has 0 saturated heterocycles.